The van der Waals surface area contributed by atoms with E-state index < -0.39 is 0 Å². The molecule has 6 aliphatic rings. The normalized spacial score (nSPS) is 24.7. The van der Waals surface area contributed by atoms with E-state index in [1.165, 1.54) is 104 Å². The highest BCUT2D eigenvalue weighted by Gasteiger charge is 2.61. The second-order valence-corrected chi connectivity index (χ2v) is 17.7. The lowest BCUT2D eigenvalue weighted by atomic mass is 9.43. The quantitative estimate of drug-likeness (QED) is 0.177. The summed E-state index contributed by atoms with van der Waals surface area (Å²) in [4.78, 5) is 2.61. The zero-order valence-electron chi connectivity index (χ0n) is 31.2. The van der Waals surface area contributed by atoms with Crippen LogP contribution < -0.4 is 4.90 Å². The number of rotatable bonds is 4. The van der Waals surface area contributed by atoms with Crippen LogP contribution in [0.2, 0.25) is 0 Å². The molecule has 0 aromatic heterocycles. The summed E-state index contributed by atoms with van der Waals surface area (Å²) in [5.41, 5.74) is 18.0. The molecule has 1 spiro atoms. The molecule has 0 N–H and O–H groups in total. The Balaban J connectivity index is 1.12. The molecule has 6 aliphatic carbocycles. The van der Waals surface area contributed by atoms with Gasteiger partial charge in [-0.2, -0.15) is 0 Å². The van der Waals surface area contributed by atoms with Crippen molar-refractivity contribution in [2.45, 2.75) is 56.8 Å². The SMILES string of the molecule is CC1(C)c2ccccc2-c2cccc(-c3ccccc3N(c3ccc4c(c3)C3(c5ccccc5-4)C4CC5CC(C4)CC3C5)c3cccc4ccccc34)c21. The molecule has 4 bridgehead atoms. The molecular weight excluding hydrogens is 651 g/mol. The topological polar surface area (TPSA) is 3.24 Å². The summed E-state index contributed by atoms with van der Waals surface area (Å²) < 4.78 is 0. The number of para-hydroxylation sites is 1. The predicted molar refractivity (Wildman–Crippen MR) is 225 cm³/mol. The third-order valence-corrected chi connectivity index (χ3v) is 14.8. The van der Waals surface area contributed by atoms with E-state index in [1.54, 1.807) is 11.1 Å². The first-order chi connectivity index (χ1) is 26.5. The summed E-state index contributed by atoms with van der Waals surface area (Å²) >= 11 is 0. The number of anilines is 3. The Bertz CT molecular complexity index is 2640. The van der Waals surface area contributed by atoms with Crippen molar-refractivity contribution in [2.24, 2.45) is 23.7 Å². The summed E-state index contributed by atoms with van der Waals surface area (Å²) in [6.45, 7) is 4.82. The minimum absolute atomic E-state index is 0.107. The van der Waals surface area contributed by atoms with E-state index >= 15 is 0 Å². The van der Waals surface area contributed by atoms with Gasteiger partial charge in [-0.05, 0) is 135 Å². The molecule has 262 valence electrons. The molecule has 7 aromatic carbocycles. The lowest BCUT2D eigenvalue weighted by Gasteiger charge is -2.61. The Morgan fingerprint density at radius 3 is 1.76 bits per heavy atom. The molecular formula is C53H45N. The molecule has 0 amide bonds. The van der Waals surface area contributed by atoms with E-state index in [1.807, 2.05) is 0 Å². The summed E-state index contributed by atoms with van der Waals surface area (Å²) in [6.07, 6.45) is 7.01. The van der Waals surface area contributed by atoms with Gasteiger partial charge >= 0.3 is 0 Å². The van der Waals surface area contributed by atoms with Gasteiger partial charge in [-0.15, -0.1) is 0 Å². The Labute approximate surface area is 319 Å². The van der Waals surface area contributed by atoms with E-state index in [2.05, 4.69) is 170 Å². The zero-order chi connectivity index (χ0) is 35.8. The smallest absolute Gasteiger partial charge is 0.0540 e. The average molecular weight is 696 g/mol. The number of fused-ring (bicyclic) bond motifs is 7. The number of hydrogen-bond acceptors (Lipinski definition) is 1. The molecule has 7 aromatic rings. The molecule has 0 aliphatic heterocycles. The van der Waals surface area contributed by atoms with Crippen molar-refractivity contribution in [3.8, 4) is 33.4 Å². The molecule has 13 rings (SSSR count). The maximum Gasteiger partial charge on any atom is 0.0540 e. The fourth-order valence-electron chi connectivity index (χ4n) is 13.1. The minimum atomic E-state index is -0.120. The fourth-order valence-corrected chi connectivity index (χ4v) is 13.1. The molecule has 4 fully saturated rings. The van der Waals surface area contributed by atoms with Crippen LogP contribution in [0.3, 0.4) is 0 Å². The van der Waals surface area contributed by atoms with E-state index in [0.29, 0.717) is 0 Å². The van der Waals surface area contributed by atoms with Crippen LogP contribution in [-0.4, -0.2) is 0 Å². The summed E-state index contributed by atoms with van der Waals surface area (Å²) in [6, 6.07) is 58.1. The fraction of sp³-hybridized carbons (Fsp3) is 0.245. The van der Waals surface area contributed by atoms with E-state index in [9.17, 15) is 0 Å². The van der Waals surface area contributed by atoms with Gasteiger partial charge in [0.1, 0.15) is 0 Å². The first-order valence-electron chi connectivity index (χ1n) is 20.4. The van der Waals surface area contributed by atoms with Crippen LogP contribution in [0.5, 0.6) is 0 Å². The van der Waals surface area contributed by atoms with E-state index in [-0.39, 0.29) is 10.8 Å². The highest BCUT2D eigenvalue weighted by Crippen LogP contribution is 2.69. The third kappa shape index (κ3) is 4.00. The molecule has 1 nitrogen and oxygen atoms in total. The summed E-state index contributed by atoms with van der Waals surface area (Å²) in [5.74, 6) is 3.28. The second kappa shape index (κ2) is 11.1. The summed E-state index contributed by atoms with van der Waals surface area (Å²) in [5, 5.41) is 2.54. The molecule has 0 unspecified atom stereocenters. The van der Waals surface area contributed by atoms with Crippen molar-refractivity contribution < 1.29 is 0 Å². The maximum atomic E-state index is 2.66. The number of benzene rings is 7. The Morgan fingerprint density at radius 1 is 0.444 bits per heavy atom. The van der Waals surface area contributed by atoms with Gasteiger partial charge in [0.15, 0.2) is 0 Å². The van der Waals surface area contributed by atoms with Crippen LogP contribution in [0.4, 0.5) is 17.1 Å². The first kappa shape index (κ1) is 31.0. The van der Waals surface area contributed by atoms with Gasteiger partial charge in [0, 0.05) is 27.5 Å². The third-order valence-electron chi connectivity index (χ3n) is 14.8. The second-order valence-electron chi connectivity index (χ2n) is 17.7. The van der Waals surface area contributed by atoms with Crippen LogP contribution in [0, 0.1) is 23.7 Å². The van der Waals surface area contributed by atoms with E-state index in [0.717, 1.165) is 23.7 Å². The molecule has 54 heavy (non-hydrogen) atoms. The van der Waals surface area contributed by atoms with Gasteiger partial charge < -0.3 is 4.90 Å². The van der Waals surface area contributed by atoms with E-state index in [4.69, 9.17) is 0 Å². The van der Waals surface area contributed by atoms with Crippen LogP contribution in [0.25, 0.3) is 44.2 Å². The molecule has 1 heteroatoms. The first-order valence-corrected chi connectivity index (χ1v) is 20.4. The predicted octanol–water partition coefficient (Wildman–Crippen LogP) is 14.0. The molecule has 0 radical (unpaired) electrons. The molecule has 0 atom stereocenters. The summed E-state index contributed by atoms with van der Waals surface area (Å²) in [7, 11) is 0. The maximum absolute atomic E-state index is 2.66. The van der Waals surface area contributed by atoms with Gasteiger partial charge in [-0.1, -0.05) is 141 Å². The highest BCUT2D eigenvalue weighted by atomic mass is 15.1. The number of nitrogens with zero attached hydrogens (tertiary/aromatic N) is 1. The van der Waals surface area contributed by atoms with Gasteiger partial charge in [-0.3, -0.25) is 0 Å². The lowest BCUT2D eigenvalue weighted by molar-refractivity contribution is -0.0399. The average Bonchev–Trinajstić information content (AvgIpc) is 3.63. The standard InChI is InChI=1S/C53H45N/c1-52(2)46-21-8-5-17-41(46)44-19-12-20-45(51(44)52)43-18-7-10-23-50(43)54(49-24-11-14-35-13-3-4-15-39(35)49)38-25-26-42-40-16-6-9-22-47(40)53(48(42)32-38)36-28-33-27-34(30-36)31-37(53)29-33/h3-26,32-34,36-37H,27-31H2,1-2H3. The molecule has 0 heterocycles. The van der Waals surface area contributed by atoms with Crippen molar-refractivity contribution in [3.05, 3.63) is 174 Å². The van der Waals surface area contributed by atoms with Gasteiger partial charge in [0.2, 0.25) is 0 Å². The van der Waals surface area contributed by atoms with Crippen LogP contribution in [0.1, 0.15) is 68.2 Å². The number of hydrogen-bond donors (Lipinski definition) is 0. The van der Waals surface area contributed by atoms with Crippen molar-refractivity contribution in [2.75, 3.05) is 4.90 Å². The van der Waals surface area contributed by atoms with Gasteiger partial charge in [0.05, 0.1) is 11.4 Å². The molecule has 4 saturated carbocycles. The highest BCUT2D eigenvalue weighted by molar-refractivity contribution is 6.02. The van der Waals surface area contributed by atoms with Gasteiger partial charge in [-0.25, -0.2) is 0 Å². The van der Waals surface area contributed by atoms with Crippen LogP contribution in [-0.2, 0) is 10.8 Å². The van der Waals surface area contributed by atoms with Gasteiger partial charge in [0.25, 0.3) is 0 Å². The van der Waals surface area contributed by atoms with Crippen LogP contribution >= 0.6 is 0 Å². The van der Waals surface area contributed by atoms with Crippen molar-refractivity contribution in [1.82, 2.24) is 0 Å². The largest absolute Gasteiger partial charge is 0.309 e. The zero-order valence-corrected chi connectivity index (χ0v) is 31.2. The van der Waals surface area contributed by atoms with Crippen molar-refractivity contribution in [3.63, 3.8) is 0 Å². The minimum Gasteiger partial charge on any atom is -0.309 e. The van der Waals surface area contributed by atoms with Crippen molar-refractivity contribution >= 4 is 27.8 Å². The molecule has 0 saturated heterocycles. The monoisotopic (exact) mass is 695 g/mol. The Hall–Kier alpha value is -5.40. The lowest BCUT2D eigenvalue weighted by Crippen LogP contribution is -2.55. The van der Waals surface area contributed by atoms with Crippen LogP contribution in [0.15, 0.2) is 152 Å². The van der Waals surface area contributed by atoms with Crippen molar-refractivity contribution in [1.29, 1.82) is 0 Å². The Kier molecular flexibility index (Phi) is 6.36. The Morgan fingerprint density at radius 2 is 0.981 bits per heavy atom.